The van der Waals surface area contributed by atoms with Gasteiger partial charge in [0.15, 0.2) is 0 Å². The van der Waals surface area contributed by atoms with E-state index in [1.54, 1.807) is 8.79 Å². The van der Waals surface area contributed by atoms with E-state index in [9.17, 15) is 0 Å². The van der Waals surface area contributed by atoms with Crippen LogP contribution in [-0.4, -0.2) is 22.9 Å². The third kappa shape index (κ3) is 4.98. The Morgan fingerprint density at radius 3 is 1.37 bits per heavy atom. The third-order valence-corrected chi connectivity index (χ3v) is 58.1. The molecule has 1 aliphatic heterocycles. The molecule has 0 bridgehead atoms. The van der Waals surface area contributed by atoms with Crippen molar-refractivity contribution in [1.82, 2.24) is 0 Å². The van der Waals surface area contributed by atoms with E-state index in [1.165, 1.54) is 52.6 Å². The fraction of sp³-hybridized carbons (Fsp3) is 0.314. The summed E-state index contributed by atoms with van der Waals surface area (Å²) >= 11 is -5.97. The van der Waals surface area contributed by atoms with E-state index in [0.717, 1.165) is 6.42 Å². The van der Waals surface area contributed by atoms with Crippen LogP contribution >= 0.6 is 0 Å². The van der Waals surface area contributed by atoms with Crippen LogP contribution < -0.4 is 8.79 Å². The predicted octanol–water partition coefficient (Wildman–Crippen LogP) is 8.24. The van der Waals surface area contributed by atoms with Crippen molar-refractivity contribution in [1.29, 1.82) is 0 Å². The van der Waals surface area contributed by atoms with Gasteiger partial charge in [-0.3, -0.25) is 0 Å². The Morgan fingerprint density at radius 2 is 0.974 bits per heavy atom. The first kappa shape index (κ1) is 27.5. The van der Waals surface area contributed by atoms with Crippen molar-refractivity contribution in [3.63, 3.8) is 0 Å². The van der Waals surface area contributed by atoms with Crippen molar-refractivity contribution in [2.75, 3.05) is 0 Å². The molecule has 0 radical (unpaired) electrons. The van der Waals surface area contributed by atoms with Crippen LogP contribution in [0.3, 0.4) is 0 Å². The summed E-state index contributed by atoms with van der Waals surface area (Å²) in [6.45, 7) is 4.74. The van der Waals surface area contributed by atoms with Gasteiger partial charge in [0.1, 0.15) is 0 Å². The topological polar surface area (TPSA) is 9.23 Å². The number of hydrogen-bond acceptors (Lipinski definition) is 1. The zero-order chi connectivity index (χ0) is 26.3. The molecule has 3 heteroatoms. The summed E-state index contributed by atoms with van der Waals surface area (Å²) in [5.41, 5.74) is 2.21. The molecule has 5 rings (SSSR count). The van der Waals surface area contributed by atoms with Crippen LogP contribution in [0.5, 0.6) is 0 Å². The van der Waals surface area contributed by atoms with Gasteiger partial charge in [-0.25, -0.2) is 0 Å². The van der Waals surface area contributed by atoms with Crippen LogP contribution in [-0.2, 0) is 9.36 Å². The molecule has 196 valence electrons. The molecular weight excluding hydrogens is 582 g/mol. The summed E-state index contributed by atoms with van der Waals surface area (Å²) in [5, 5.41) is 4.24. The van der Waals surface area contributed by atoms with Crippen molar-refractivity contribution in [3.8, 4) is 0 Å². The van der Waals surface area contributed by atoms with Crippen LogP contribution in [0.15, 0.2) is 121 Å². The molecule has 1 saturated heterocycles. The molecule has 0 amide bonds. The Hall–Kier alpha value is -2.07. The molecule has 0 N–H and O–H groups in total. The summed E-state index contributed by atoms with van der Waals surface area (Å²) in [7, 11) is 0. The number of benzene rings is 4. The zero-order valence-corrected chi connectivity index (χ0v) is 27.3. The maximum atomic E-state index is 8.29. The first-order chi connectivity index (χ1) is 18.7. The van der Waals surface area contributed by atoms with Gasteiger partial charge in [0, 0.05) is 0 Å². The van der Waals surface area contributed by atoms with E-state index in [2.05, 4.69) is 135 Å². The van der Waals surface area contributed by atoms with E-state index < -0.39 is 28.5 Å². The number of rotatable bonds is 10. The first-order valence-electron chi connectivity index (χ1n) is 14.6. The molecule has 4 aromatic rings. The third-order valence-electron chi connectivity index (χ3n) is 8.89. The second-order valence-electron chi connectivity index (χ2n) is 11.1. The quantitative estimate of drug-likeness (QED) is 0.162. The van der Waals surface area contributed by atoms with Gasteiger partial charge in [-0.1, -0.05) is 0 Å². The van der Waals surface area contributed by atoms with Crippen LogP contribution in [0.25, 0.3) is 0 Å². The average molecular weight is 624 g/mol. The Labute approximate surface area is 234 Å². The Kier molecular flexibility index (Phi) is 8.97. The summed E-state index contributed by atoms with van der Waals surface area (Å²) in [5.74, 6) is 0. The van der Waals surface area contributed by atoms with Crippen molar-refractivity contribution in [2.24, 2.45) is 0 Å². The molecule has 0 unspecified atom stereocenters. The van der Waals surface area contributed by atoms with Gasteiger partial charge in [0.25, 0.3) is 0 Å². The summed E-state index contributed by atoms with van der Waals surface area (Å²) in [4.78, 5) is 0. The Bertz CT molecular complexity index is 1170. The molecule has 38 heavy (non-hydrogen) atoms. The van der Waals surface area contributed by atoms with Gasteiger partial charge < -0.3 is 0 Å². The van der Waals surface area contributed by atoms with Crippen molar-refractivity contribution >= 4 is 31.7 Å². The van der Waals surface area contributed by atoms with Gasteiger partial charge in [-0.15, -0.1) is 0 Å². The van der Waals surface area contributed by atoms with Gasteiger partial charge in [0.2, 0.25) is 0 Å². The monoisotopic (exact) mass is 626 g/mol. The minimum atomic E-state index is -3.38. The molecule has 0 spiro atoms. The van der Waals surface area contributed by atoms with E-state index in [1.807, 2.05) is 0 Å². The van der Waals surface area contributed by atoms with Crippen molar-refractivity contribution in [3.05, 3.63) is 132 Å². The van der Waals surface area contributed by atoms with Crippen molar-refractivity contribution < 1.29 is 3.76 Å². The molecule has 0 aliphatic carbocycles. The molecule has 1 fully saturated rings. The average Bonchev–Trinajstić information content (AvgIpc) is 3.01. The van der Waals surface area contributed by atoms with Crippen molar-refractivity contribution in [2.45, 2.75) is 67.3 Å². The van der Waals surface area contributed by atoms with E-state index >= 15 is 0 Å². The molecule has 4 aromatic carbocycles. The molecule has 0 saturated carbocycles. The standard InChI is InChI=1S/C35H42Ge2O/c1-3-5-28-36(29-6-4-2)30-27-35(31-19-11-7-12-20-31,32-21-13-8-14-22-32)38-37(36,33-23-15-9-16-24-33)34-25-17-10-18-26-34/h7-26H,3-6,27-30H2,1-2H3. The van der Waals surface area contributed by atoms with Crippen LogP contribution in [0.1, 0.15) is 57.1 Å². The molecule has 1 heterocycles. The van der Waals surface area contributed by atoms with E-state index in [-0.39, 0.29) is 0 Å². The van der Waals surface area contributed by atoms with Crippen LogP contribution in [0.2, 0.25) is 15.8 Å². The first-order valence-corrected chi connectivity index (χ1v) is 28.5. The van der Waals surface area contributed by atoms with Gasteiger partial charge >= 0.3 is 235 Å². The van der Waals surface area contributed by atoms with Gasteiger partial charge in [-0.2, -0.15) is 0 Å². The predicted molar refractivity (Wildman–Crippen MR) is 167 cm³/mol. The minimum absolute atomic E-state index is 0.415. The zero-order valence-electron chi connectivity index (χ0n) is 23.1. The maximum absolute atomic E-state index is 8.29. The van der Waals surface area contributed by atoms with Gasteiger partial charge in [-0.05, 0) is 0 Å². The molecular formula is C35H42Ge2O. The summed E-state index contributed by atoms with van der Waals surface area (Å²) in [6, 6.07) is 45.5. The van der Waals surface area contributed by atoms with Crippen LogP contribution in [0.4, 0.5) is 0 Å². The van der Waals surface area contributed by atoms with Crippen LogP contribution in [0, 0.1) is 0 Å². The SMILES string of the molecule is CCC[CH2][Ge]1([CH2]CCC)[CH2]CC(c2ccccc2)(c2ccccc2)[O][Ge]1([c]1ccccc1)[c]1ccccc1. The Balaban J connectivity index is 1.84. The second kappa shape index (κ2) is 12.4. The van der Waals surface area contributed by atoms with E-state index in [0.29, 0.717) is 0 Å². The second-order valence-corrected chi connectivity index (χ2v) is 44.5. The summed E-state index contributed by atoms with van der Waals surface area (Å²) in [6.07, 6.45) is 6.31. The molecule has 0 aromatic heterocycles. The Morgan fingerprint density at radius 1 is 0.579 bits per heavy atom. The molecule has 0 atom stereocenters. The molecule has 1 aliphatic rings. The number of unbranched alkanes of at least 4 members (excludes halogenated alkanes) is 2. The number of hydrogen-bond donors (Lipinski definition) is 0. The van der Waals surface area contributed by atoms with Gasteiger partial charge in [0.05, 0.1) is 0 Å². The van der Waals surface area contributed by atoms with E-state index in [4.69, 9.17) is 3.76 Å². The fourth-order valence-corrected chi connectivity index (χ4v) is 63.6. The molecule has 1 nitrogen and oxygen atoms in total. The fourth-order valence-electron chi connectivity index (χ4n) is 7.00. The normalized spacial score (nSPS) is 17.6. The summed E-state index contributed by atoms with van der Waals surface area (Å²) < 4.78 is 11.4.